The molecule has 3 aromatic rings. The third-order valence-electron chi connectivity index (χ3n) is 4.39. The van der Waals surface area contributed by atoms with Crippen LogP contribution in [0, 0.1) is 13.8 Å². The summed E-state index contributed by atoms with van der Waals surface area (Å²) in [6.45, 7) is 8.77. The van der Waals surface area contributed by atoms with Crippen molar-refractivity contribution in [3.05, 3.63) is 59.7 Å². The van der Waals surface area contributed by atoms with Crippen LogP contribution in [0.3, 0.4) is 0 Å². The lowest BCUT2D eigenvalue weighted by molar-refractivity contribution is -0.115. The van der Waals surface area contributed by atoms with E-state index in [2.05, 4.69) is 40.0 Å². The highest BCUT2D eigenvalue weighted by atomic mass is 32.2. The van der Waals surface area contributed by atoms with E-state index in [1.165, 1.54) is 11.8 Å². The van der Waals surface area contributed by atoms with Gasteiger partial charge in [0, 0.05) is 17.8 Å². The van der Waals surface area contributed by atoms with E-state index in [9.17, 15) is 4.79 Å². The summed E-state index contributed by atoms with van der Waals surface area (Å²) in [6.07, 6.45) is 0. The van der Waals surface area contributed by atoms with Crippen molar-refractivity contribution in [2.24, 2.45) is 0 Å². The molecule has 1 aromatic heterocycles. The van der Waals surface area contributed by atoms with Crippen molar-refractivity contribution in [1.82, 2.24) is 14.8 Å². The molecule has 0 aliphatic carbocycles. The number of hydrogen-bond acceptors (Lipinski definition) is 4. The van der Waals surface area contributed by atoms with Crippen molar-refractivity contribution in [2.45, 2.75) is 44.6 Å². The van der Waals surface area contributed by atoms with E-state index >= 15 is 0 Å². The molecule has 0 spiro atoms. The molecule has 1 atom stereocenters. The van der Waals surface area contributed by atoms with Gasteiger partial charge in [-0.25, -0.2) is 0 Å². The number of aromatic nitrogens is 3. The number of thioether (sulfide) groups is 1. The highest BCUT2D eigenvalue weighted by molar-refractivity contribution is 8.00. The van der Waals surface area contributed by atoms with Crippen LogP contribution in [0.25, 0.3) is 11.4 Å². The van der Waals surface area contributed by atoms with E-state index in [-0.39, 0.29) is 11.2 Å². The van der Waals surface area contributed by atoms with Crippen LogP contribution in [0.15, 0.2) is 53.7 Å². The lowest BCUT2D eigenvalue weighted by atomic mass is 10.1. The number of nitrogens with zero attached hydrogens (tertiary/aromatic N) is 3. The summed E-state index contributed by atoms with van der Waals surface area (Å²) in [5.74, 6) is 0.788. The zero-order chi connectivity index (χ0) is 19.4. The largest absolute Gasteiger partial charge is 0.325 e. The smallest absolute Gasteiger partial charge is 0.237 e. The molecule has 0 saturated carbocycles. The van der Waals surface area contributed by atoms with Gasteiger partial charge < -0.3 is 9.88 Å². The van der Waals surface area contributed by atoms with Crippen LogP contribution < -0.4 is 5.32 Å². The van der Waals surface area contributed by atoms with Crippen LogP contribution in [0.2, 0.25) is 0 Å². The summed E-state index contributed by atoms with van der Waals surface area (Å²) in [4.78, 5) is 12.5. The molecule has 27 heavy (non-hydrogen) atoms. The quantitative estimate of drug-likeness (QED) is 0.630. The normalized spacial score (nSPS) is 12.0. The lowest BCUT2D eigenvalue weighted by Crippen LogP contribution is -2.22. The topological polar surface area (TPSA) is 59.8 Å². The van der Waals surface area contributed by atoms with Gasteiger partial charge >= 0.3 is 0 Å². The first-order valence-electron chi connectivity index (χ1n) is 9.03. The average Bonchev–Trinajstić information content (AvgIpc) is 3.06. The van der Waals surface area contributed by atoms with Gasteiger partial charge in [0.25, 0.3) is 0 Å². The van der Waals surface area contributed by atoms with E-state index in [1.54, 1.807) is 0 Å². The summed E-state index contributed by atoms with van der Waals surface area (Å²) in [5, 5.41) is 12.1. The van der Waals surface area contributed by atoms with Gasteiger partial charge in [0.2, 0.25) is 5.91 Å². The van der Waals surface area contributed by atoms with E-state index in [0.29, 0.717) is 0 Å². The number of benzene rings is 2. The van der Waals surface area contributed by atoms with Crippen molar-refractivity contribution in [2.75, 3.05) is 5.32 Å². The summed E-state index contributed by atoms with van der Waals surface area (Å²) in [7, 11) is 0. The zero-order valence-electron chi connectivity index (χ0n) is 16.1. The standard InChI is InChI=1S/C21H24N4OS/c1-5-25-19(18-9-7-6-8-15(18)3)23-24-21(25)27-16(4)20(26)22-17-12-10-14(2)11-13-17/h6-13,16H,5H2,1-4H3,(H,22,26)/t16-/m0/s1. The second kappa shape index (κ2) is 8.39. The van der Waals surface area contributed by atoms with Gasteiger partial charge in [0.15, 0.2) is 11.0 Å². The summed E-state index contributed by atoms with van der Waals surface area (Å²) in [6, 6.07) is 15.9. The number of carbonyl (C=O) groups is 1. The summed E-state index contributed by atoms with van der Waals surface area (Å²) >= 11 is 1.42. The molecule has 0 fully saturated rings. The van der Waals surface area contributed by atoms with Gasteiger partial charge in [-0.1, -0.05) is 53.7 Å². The molecule has 1 amide bonds. The maximum Gasteiger partial charge on any atom is 0.237 e. The molecule has 0 aliphatic heterocycles. The number of carbonyl (C=O) groups excluding carboxylic acids is 1. The number of anilines is 1. The van der Waals surface area contributed by atoms with Crippen molar-refractivity contribution in [3.8, 4) is 11.4 Å². The van der Waals surface area contributed by atoms with Gasteiger partial charge in [-0.05, 0) is 45.4 Å². The Hall–Kier alpha value is -2.60. The van der Waals surface area contributed by atoms with Crippen molar-refractivity contribution in [3.63, 3.8) is 0 Å². The second-order valence-electron chi connectivity index (χ2n) is 6.48. The number of aryl methyl sites for hydroxylation is 2. The van der Waals surface area contributed by atoms with Crippen molar-refractivity contribution < 1.29 is 4.79 Å². The maximum absolute atomic E-state index is 12.5. The van der Waals surface area contributed by atoms with Crippen LogP contribution in [0.4, 0.5) is 5.69 Å². The third kappa shape index (κ3) is 4.39. The van der Waals surface area contributed by atoms with Gasteiger partial charge in [-0.2, -0.15) is 0 Å². The fourth-order valence-electron chi connectivity index (χ4n) is 2.78. The van der Waals surface area contributed by atoms with Gasteiger partial charge in [-0.15, -0.1) is 10.2 Å². The predicted molar refractivity (Wildman–Crippen MR) is 111 cm³/mol. The predicted octanol–water partition coefficient (Wildman–Crippen LogP) is 4.70. The Morgan fingerprint density at radius 3 is 2.48 bits per heavy atom. The molecule has 0 unspecified atom stereocenters. The summed E-state index contributed by atoms with van der Waals surface area (Å²) in [5.41, 5.74) is 4.18. The van der Waals surface area contributed by atoms with Crippen LogP contribution in [-0.2, 0) is 11.3 Å². The molecule has 0 saturated heterocycles. The Kier molecular flexibility index (Phi) is 5.96. The first-order valence-corrected chi connectivity index (χ1v) is 9.91. The molecule has 0 bridgehead atoms. The molecular formula is C21H24N4OS. The Labute approximate surface area is 164 Å². The first kappa shape index (κ1) is 19.2. The fourth-order valence-corrected chi connectivity index (χ4v) is 3.69. The van der Waals surface area contributed by atoms with E-state index in [1.807, 2.05) is 56.3 Å². The van der Waals surface area contributed by atoms with E-state index in [4.69, 9.17) is 0 Å². The van der Waals surface area contributed by atoms with Crippen LogP contribution >= 0.6 is 11.8 Å². The highest BCUT2D eigenvalue weighted by Gasteiger charge is 2.21. The minimum atomic E-state index is -0.287. The molecule has 140 valence electrons. The molecule has 5 nitrogen and oxygen atoms in total. The molecule has 0 aliphatic rings. The third-order valence-corrected chi connectivity index (χ3v) is 5.47. The Morgan fingerprint density at radius 1 is 1.11 bits per heavy atom. The number of hydrogen-bond donors (Lipinski definition) is 1. The van der Waals surface area contributed by atoms with Gasteiger partial charge in [0.05, 0.1) is 5.25 Å². The molecule has 3 rings (SSSR count). The average molecular weight is 381 g/mol. The minimum Gasteiger partial charge on any atom is -0.325 e. The Balaban J connectivity index is 1.76. The number of nitrogens with one attached hydrogen (secondary N) is 1. The van der Waals surface area contributed by atoms with Crippen molar-refractivity contribution >= 4 is 23.4 Å². The molecule has 0 radical (unpaired) electrons. The number of amides is 1. The van der Waals surface area contributed by atoms with Crippen molar-refractivity contribution in [1.29, 1.82) is 0 Å². The SMILES string of the molecule is CCn1c(S[C@@H](C)C(=O)Nc2ccc(C)cc2)nnc1-c1ccccc1C. The van der Waals surface area contributed by atoms with Crippen LogP contribution in [0.5, 0.6) is 0 Å². The van der Waals surface area contributed by atoms with Crippen LogP contribution in [-0.4, -0.2) is 25.9 Å². The Morgan fingerprint density at radius 2 is 1.81 bits per heavy atom. The lowest BCUT2D eigenvalue weighted by Gasteiger charge is -2.13. The van der Waals surface area contributed by atoms with Crippen LogP contribution in [0.1, 0.15) is 25.0 Å². The number of rotatable bonds is 6. The molecule has 1 N–H and O–H groups in total. The summed E-state index contributed by atoms with van der Waals surface area (Å²) < 4.78 is 2.06. The molecule has 6 heteroatoms. The molecule has 2 aromatic carbocycles. The monoisotopic (exact) mass is 380 g/mol. The molecule has 1 heterocycles. The Bertz CT molecular complexity index is 934. The first-order chi connectivity index (χ1) is 13.0. The maximum atomic E-state index is 12.5. The minimum absolute atomic E-state index is 0.0491. The van der Waals surface area contributed by atoms with E-state index in [0.717, 1.165) is 39.9 Å². The molecular weight excluding hydrogens is 356 g/mol. The van der Waals surface area contributed by atoms with Gasteiger partial charge in [-0.3, -0.25) is 4.79 Å². The second-order valence-corrected chi connectivity index (χ2v) is 7.79. The highest BCUT2D eigenvalue weighted by Crippen LogP contribution is 2.28. The van der Waals surface area contributed by atoms with E-state index < -0.39 is 0 Å². The zero-order valence-corrected chi connectivity index (χ0v) is 16.9. The van der Waals surface area contributed by atoms with Gasteiger partial charge in [0.1, 0.15) is 0 Å². The fraction of sp³-hybridized carbons (Fsp3) is 0.286.